The second kappa shape index (κ2) is 5.27. The summed E-state index contributed by atoms with van der Waals surface area (Å²) < 4.78 is 0.985. The highest BCUT2D eigenvalue weighted by Crippen LogP contribution is 2.28. The molecule has 19 heavy (non-hydrogen) atoms. The van der Waals surface area contributed by atoms with Gasteiger partial charge in [-0.15, -0.1) is 0 Å². The van der Waals surface area contributed by atoms with E-state index in [1.807, 2.05) is 12.1 Å². The lowest BCUT2D eigenvalue weighted by Crippen LogP contribution is -2.44. The average molecular weight is 341 g/mol. The molecule has 0 amide bonds. The van der Waals surface area contributed by atoms with Gasteiger partial charge in [0.05, 0.1) is 10.5 Å². The van der Waals surface area contributed by atoms with Crippen molar-refractivity contribution in [2.24, 2.45) is 0 Å². The van der Waals surface area contributed by atoms with Gasteiger partial charge in [0, 0.05) is 36.0 Å². The first-order valence-electron chi connectivity index (χ1n) is 6.33. The third-order valence-corrected chi connectivity index (χ3v) is 4.27. The van der Waals surface area contributed by atoms with E-state index in [2.05, 4.69) is 44.9 Å². The standard InChI is InChI=1S/C14H15BrClN3/c1-18-4-6-19(7-5-18)13-3-2-10-8-11(15)9-12(16)14(10)17-13/h2-3,8-9H,4-7H2,1H3. The summed E-state index contributed by atoms with van der Waals surface area (Å²) in [5.41, 5.74) is 0.876. The summed E-state index contributed by atoms with van der Waals surface area (Å²) in [7, 11) is 2.15. The Bertz CT molecular complexity index is 609. The van der Waals surface area contributed by atoms with Gasteiger partial charge >= 0.3 is 0 Å². The number of fused-ring (bicyclic) bond motifs is 1. The van der Waals surface area contributed by atoms with Crippen LogP contribution in [0.3, 0.4) is 0 Å². The quantitative estimate of drug-likeness (QED) is 0.793. The summed E-state index contributed by atoms with van der Waals surface area (Å²) in [6.07, 6.45) is 0. The summed E-state index contributed by atoms with van der Waals surface area (Å²) in [5.74, 6) is 1.02. The maximum atomic E-state index is 6.28. The number of halogens is 2. The zero-order valence-electron chi connectivity index (χ0n) is 10.7. The highest BCUT2D eigenvalue weighted by molar-refractivity contribution is 9.10. The molecule has 1 fully saturated rings. The summed E-state index contributed by atoms with van der Waals surface area (Å²) in [6.45, 7) is 4.19. The number of hydrogen-bond donors (Lipinski definition) is 0. The van der Waals surface area contributed by atoms with E-state index in [-0.39, 0.29) is 0 Å². The molecule has 0 N–H and O–H groups in total. The molecule has 0 saturated carbocycles. The van der Waals surface area contributed by atoms with E-state index in [0.29, 0.717) is 5.02 Å². The van der Waals surface area contributed by atoms with Crippen molar-refractivity contribution in [2.75, 3.05) is 38.1 Å². The molecule has 0 aliphatic carbocycles. The molecule has 1 aliphatic rings. The molecule has 1 aromatic heterocycles. The Hall–Kier alpha value is -0.840. The predicted molar refractivity (Wildman–Crippen MR) is 84.2 cm³/mol. The van der Waals surface area contributed by atoms with E-state index in [1.54, 1.807) is 0 Å². The maximum Gasteiger partial charge on any atom is 0.129 e. The van der Waals surface area contributed by atoms with Crippen molar-refractivity contribution < 1.29 is 0 Å². The summed E-state index contributed by atoms with van der Waals surface area (Å²) in [6, 6.07) is 8.11. The number of hydrogen-bond acceptors (Lipinski definition) is 3. The van der Waals surface area contributed by atoms with Gasteiger partial charge in [0.1, 0.15) is 5.82 Å². The van der Waals surface area contributed by atoms with Gasteiger partial charge in [-0.1, -0.05) is 27.5 Å². The Morgan fingerprint density at radius 2 is 1.89 bits per heavy atom. The maximum absolute atomic E-state index is 6.28. The molecule has 2 aromatic rings. The number of nitrogens with zero attached hydrogens (tertiary/aromatic N) is 3. The van der Waals surface area contributed by atoms with Gasteiger partial charge in [-0.3, -0.25) is 0 Å². The van der Waals surface area contributed by atoms with Gasteiger partial charge in [0.15, 0.2) is 0 Å². The Balaban J connectivity index is 1.97. The van der Waals surface area contributed by atoms with Gasteiger partial charge in [-0.05, 0) is 31.3 Å². The van der Waals surface area contributed by atoms with Crippen LogP contribution in [0.25, 0.3) is 10.9 Å². The summed E-state index contributed by atoms with van der Waals surface area (Å²) in [4.78, 5) is 9.37. The summed E-state index contributed by atoms with van der Waals surface area (Å²) >= 11 is 9.73. The van der Waals surface area contributed by atoms with Crippen molar-refractivity contribution in [3.8, 4) is 0 Å². The normalized spacial score (nSPS) is 17.1. The highest BCUT2D eigenvalue weighted by Gasteiger charge is 2.16. The molecule has 0 atom stereocenters. The zero-order chi connectivity index (χ0) is 13.4. The minimum absolute atomic E-state index is 0.695. The molecule has 3 nitrogen and oxygen atoms in total. The Morgan fingerprint density at radius 3 is 2.63 bits per heavy atom. The van der Waals surface area contributed by atoms with Gasteiger partial charge < -0.3 is 9.80 Å². The first-order valence-corrected chi connectivity index (χ1v) is 7.50. The zero-order valence-corrected chi connectivity index (χ0v) is 13.1. The third-order valence-electron chi connectivity index (χ3n) is 3.52. The predicted octanol–water partition coefficient (Wildman–Crippen LogP) is 3.40. The Kier molecular flexibility index (Phi) is 3.65. The molecule has 3 rings (SSSR count). The molecular formula is C14H15BrClN3. The van der Waals surface area contributed by atoms with Crippen molar-refractivity contribution in [1.29, 1.82) is 0 Å². The van der Waals surface area contributed by atoms with Crippen LogP contribution in [0.2, 0.25) is 5.02 Å². The number of rotatable bonds is 1. The largest absolute Gasteiger partial charge is 0.354 e. The second-order valence-corrected chi connectivity index (χ2v) is 6.24. The molecule has 5 heteroatoms. The fourth-order valence-corrected chi connectivity index (χ4v) is 3.23. The lowest BCUT2D eigenvalue weighted by Gasteiger charge is -2.33. The SMILES string of the molecule is CN1CCN(c2ccc3cc(Br)cc(Cl)c3n2)CC1. The minimum atomic E-state index is 0.695. The second-order valence-electron chi connectivity index (χ2n) is 4.92. The number of aromatic nitrogens is 1. The van der Waals surface area contributed by atoms with Gasteiger partial charge in [-0.2, -0.15) is 0 Å². The summed E-state index contributed by atoms with van der Waals surface area (Å²) in [5, 5.41) is 1.76. The van der Waals surface area contributed by atoms with E-state index in [9.17, 15) is 0 Å². The first kappa shape index (κ1) is 13.2. The van der Waals surface area contributed by atoms with Gasteiger partial charge in [0.25, 0.3) is 0 Å². The van der Waals surface area contributed by atoms with Gasteiger partial charge in [0.2, 0.25) is 0 Å². The average Bonchev–Trinajstić information content (AvgIpc) is 2.39. The van der Waals surface area contributed by atoms with E-state index in [1.165, 1.54) is 0 Å². The van der Waals surface area contributed by atoms with Crippen LogP contribution in [0.1, 0.15) is 0 Å². The molecule has 1 aromatic carbocycles. The van der Waals surface area contributed by atoms with Crippen LogP contribution >= 0.6 is 27.5 Å². The van der Waals surface area contributed by atoms with Crippen molar-refractivity contribution in [1.82, 2.24) is 9.88 Å². The number of anilines is 1. The molecular weight excluding hydrogens is 326 g/mol. The topological polar surface area (TPSA) is 19.4 Å². The lowest BCUT2D eigenvalue weighted by atomic mass is 10.2. The molecule has 0 unspecified atom stereocenters. The van der Waals surface area contributed by atoms with Crippen LogP contribution < -0.4 is 4.90 Å². The molecule has 0 radical (unpaired) electrons. The van der Waals surface area contributed by atoms with E-state index >= 15 is 0 Å². The minimum Gasteiger partial charge on any atom is -0.354 e. The fraction of sp³-hybridized carbons (Fsp3) is 0.357. The van der Waals surface area contributed by atoms with E-state index < -0.39 is 0 Å². The van der Waals surface area contributed by atoms with Gasteiger partial charge in [-0.25, -0.2) is 4.98 Å². The van der Waals surface area contributed by atoms with E-state index in [0.717, 1.165) is 47.4 Å². The van der Waals surface area contributed by atoms with E-state index in [4.69, 9.17) is 16.6 Å². The molecule has 0 bridgehead atoms. The Labute approximate surface area is 126 Å². The number of pyridine rings is 1. The monoisotopic (exact) mass is 339 g/mol. The molecule has 100 valence electrons. The lowest BCUT2D eigenvalue weighted by molar-refractivity contribution is 0.312. The molecule has 2 heterocycles. The van der Waals surface area contributed by atoms with Crippen LogP contribution in [-0.2, 0) is 0 Å². The number of piperazine rings is 1. The first-order chi connectivity index (χ1) is 9.13. The third kappa shape index (κ3) is 2.71. The van der Waals surface area contributed by atoms with Crippen LogP contribution in [0.5, 0.6) is 0 Å². The van der Waals surface area contributed by atoms with Crippen LogP contribution in [0, 0.1) is 0 Å². The molecule has 0 spiro atoms. The smallest absolute Gasteiger partial charge is 0.129 e. The number of likely N-dealkylation sites (N-methyl/N-ethyl adjacent to an activating group) is 1. The van der Waals surface area contributed by atoms with Crippen LogP contribution in [0.15, 0.2) is 28.7 Å². The van der Waals surface area contributed by atoms with Crippen molar-refractivity contribution in [3.05, 3.63) is 33.8 Å². The van der Waals surface area contributed by atoms with Crippen molar-refractivity contribution in [3.63, 3.8) is 0 Å². The Morgan fingerprint density at radius 1 is 1.16 bits per heavy atom. The van der Waals surface area contributed by atoms with Crippen molar-refractivity contribution in [2.45, 2.75) is 0 Å². The fourth-order valence-electron chi connectivity index (χ4n) is 2.36. The highest BCUT2D eigenvalue weighted by atomic mass is 79.9. The number of benzene rings is 1. The van der Waals surface area contributed by atoms with Crippen molar-refractivity contribution >= 4 is 44.3 Å². The van der Waals surface area contributed by atoms with Crippen LogP contribution in [-0.4, -0.2) is 43.1 Å². The van der Waals surface area contributed by atoms with Crippen LogP contribution in [0.4, 0.5) is 5.82 Å². The molecule has 1 saturated heterocycles. The molecule has 1 aliphatic heterocycles.